The number of nitrogens with zero attached hydrogens (tertiary/aromatic N) is 4. The maximum absolute atomic E-state index is 12.5. The van der Waals surface area contributed by atoms with Gasteiger partial charge < -0.3 is 71.4 Å². The van der Waals surface area contributed by atoms with Crippen LogP contribution in [-0.2, 0) is 36.7 Å². The number of carbonyl (C=O) groups excluding carboxylic acids is 4. The predicted octanol–water partition coefficient (Wildman–Crippen LogP) is 19.6. The molecule has 23 nitrogen and oxygen atoms in total. The summed E-state index contributed by atoms with van der Waals surface area (Å²) in [4.78, 5) is 74.9. The van der Waals surface area contributed by atoms with E-state index in [2.05, 4.69) is 130 Å². The van der Waals surface area contributed by atoms with Crippen LogP contribution in [0.25, 0.3) is 0 Å². The Morgan fingerprint density at radius 2 is 0.669 bits per heavy atom. The monoisotopic (exact) mass is 2050 g/mol. The van der Waals surface area contributed by atoms with E-state index < -0.39 is 11.9 Å². The van der Waals surface area contributed by atoms with Crippen molar-refractivity contribution in [1.29, 1.82) is 0 Å². The zero-order chi connectivity index (χ0) is 106. The Balaban J connectivity index is 0.000000159. The second-order valence-electron chi connectivity index (χ2n) is 53.8. The van der Waals surface area contributed by atoms with Crippen molar-refractivity contribution in [3.05, 3.63) is 83.2 Å². The summed E-state index contributed by atoms with van der Waals surface area (Å²) < 4.78 is 9.31. The molecule has 0 unspecified atom stereocenters. The molecule has 0 bridgehead atoms. The molecule has 1 amide bonds. The number of carboxylic acid groups (broad SMARTS) is 1. The Labute approximate surface area is 901 Å². The van der Waals surface area contributed by atoms with Crippen LogP contribution in [-0.4, -0.2) is 179 Å². The molecular formula is C124H198LiN5O18. The quantitative estimate of drug-likeness (QED) is 0.0172. The zero-order valence-electron chi connectivity index (χ0n) is 94.9. The fourth-order valence-corrected chi connectivity index (χ4v) is 40.6. The third kappa shape index (κ3) is 22.6. The average molecular weight is 2050 g/mol. The molecular weight excluding hydrogens is 1850 g/mol. The summed E-state index contributed by atoms with van der Waals surface area (Å²) in [5.74, 6) is 12.3. The minimum absolute atomic E-state index is 0. The van der Waals surface area contributed by atoms with E-state index >= 15 is 0 Å². The molecule has 3 aromatic heterocycles. The van der Waals surface area contributed by atoms with Gasteiger partial charge in [0.25, 0.3) is 0 Å². The van der Waals surface area contributed by atoms with Gasteiger partial charge in [-0.25, -0.2) is 19.4 Å². The third-order valence-electron chi connectivity index (χ3n) is 47.9. The number of methoxy groups -OCH3 is 2. The number of esters is 2. The number of carboxylic acids is 1. The Bertz CT molecular complexity index is 4880. The Hall–Kier alpha value is -5.00. The van der Waals surface area contributed by atoms with Gasteiger partial charge in [0.05, 0.1) is 92.5 Å². The number of aromatic carboxylic acids is 1. The number of aryl methyl sites for hydroxylation is 2. The summed E-state index contributed by atoms with van der Waals surface area (Å²) in [6, 6.07) is 5.20. The number of carbonyl (C=O) groups is 5. The fraction of sp³-hybridized carbons (Fsp3) is 0.839. The topological polar surface area (TPSA) is 393 Å². The number of nitrogens with two attached hydrogens (primary N) is 1. The molecule has 148 heavy (non-hydrogen) atoms. The average Bonchev–Trinajstić information content (AvgIpc) is 1.45. The van der Waals surface area contributed by atoms with E-state index in [9.17, 15) is 69.9 Å². The minimum atomic E-state index is -0.914. The number of amides is 1. The van der Waals surface area contributed by atoms with Crippen LogP contribution in [0.1, 0.15) is 397 Å². The van der Waals surface area contributed by atoms with Crippen molar-refractivity contribution in [3.8, 4) is 0 Å². The van der Waals surface area contributed by atoms with Crippen molar-refractivity contribution in [2.75, 3.05) is 34.1 Å². The van der Waals surface area contributed by atoms with Crippen molar-refractivity contribution < 1.29 is 109 Å². The van der Waals surface area contributed by atoms with Gasteiger partial charge in [-0.2, -0.15) is 0 Å². The van der Waals surface area contributed by atoms with Crippen molar-refractivity contribution >= 4 is 35.8 Å². The van der Waals surface area contributed by atoms with Crippen LogP contribution in [0.3, 0.4) is 0 Å². The first-order valence-corrected chi connectivity index (χ1v) is 59.0. The number of rotatable bonds is 24. The van der Waals surface area contributed by atoms with Gasteiger partial charge >= 0.3 is 36.8 Å². The van der Waals surface area contributed by atoms with Gasteiger partial charge in [-0.15, -0.1) is 0 Å². The molecule has 0 saturated heterocycles. The molecule has 16 fully saturated rings. The molecule has 0 aromatic carbocycles. The van der Waals surface area contributed by atoms with Crippen molar-refractivity contribution in [3.63, 3.8) is 0 Å². The number of aromatic nitrogens is 3. The Morgan fingerprint density at radius 1 is 0.392 bits per heavy atom. The summed E-state index contributed by atoms with van der Waals surface area (Å²) in [7, 11) is 5.96. The van der Waals surface area contributed by atoms with E-state index in [0.717, 1.165) is 159 Å². The second kappa shape index (κ2) is 49.0. The number of ether oxygens (including phenoxy) is 2. The normalized spacial score (nSPS) is 43.6. The van der Waals surface area contributed by atoms with Crippen molar-refractivity contribution in [1.82, 2.24) is 20.0 Å². The van der Waals surface area contributed by atoms with Gasteiger partial charge in [0.15, 0.2) is 0 Å². The summed E-state index contributed by atoms with van der Waals surface area (Å²) in [5.41, 5.74) is 11.2. The number of pyridine rings is 3. The number of hydrogen-bond donors (Lipinski definition) is 10. The molecule has 3 aromatic rings. The van der Waals surface area contributed by atoms with Gasteiger partial charge in [-0.1, -0.05) is 149 Å². The van der Waals surface area contributed by atoms with E-state index in [-0.39, 0.29) is 123 Å². The predicted molar refractivity (Wildman–Crippen MR) is 573 cm³/mol. The van der Waals surface area contributed by atoms with Gasteiger partial charge in [0, 0.05) is 57.1 Å². The van der Waals surface area contributed by atoms with Gasteiger partial charge in [-0.05, 0) is 444 Å². The Morgan fingerprint density at radius 3 is 0.959 bits per heavy atom. The molecule has 16 saturated carbocycles. The van der Waals surface area contributed by atoms with Crippen LogP contribution < -0.4 is 24.6 Å². The van der Waals surface area contributed by atoms with E-state index in [1.54, 1.807) is 32.6 Å². The molecule has 19 rings (SSSR count). The first-order chi connectivity index (χ1) is 69.3. The van der Waals surface area contributed by atoms with Crippen LogP contribution >= 0.6 is 0 Å². The van der Waals surface area contributed by atoms with Crippen molar-refractivity contribution in [2.45, 2.75) is 416 Å². The SMILES string of the molecule is CC[C@H]1[C@@H](O)[C@@H]2[C@H](CC[C@]3(C)[C@@H]([C@H](C)CC(=O)N(C)OC)CC[C@@H]23)[C@@]2(C)CC[C@@H](O)C[C@@H]12.CC[C@H]1[C@@H](O)[C@@H]2[C@H](CC[C@]3(C)[C@@H]([C@H](C)CC=O)CC[C@@H]23)[C@@]2(C)CC[C@@H](O)C[C@@H]12.CC[C@H]1[C@@H](O)[C@@H]2[C@H](CC[C@]3(C)[C@@H]([C@H](C)CCCc4cncc(C(=O)O)c4)CC[C@@H]23)[C@@]2(C)CC[C@@H](O)C[C@@H]12.CC[C@H]1[C@@H](O)[C@@H]2[C@H](CC[C@]3(C)[C@@H]([C@H](C)CCCc4cncc(C(=O)OC)c4)CC[C@@H]23)[C@@]2(C)CC[C@@H](O)C[C@@H]12.COC(=O)c1cncc(N)c1.[Li+].[OH-]. The van der Waals surface area contributed by atoms with Crippen molar-refractivity contribution in [2.24, 2.45) is 209 Å². The molecule has 16 aliphatic rings. The van der Waals surface area contributed by atoms with E-state index in [1.165, 1.54) is 147 Å². The van der Waals surface area contributed by atoms with Gasteiger partial charge in [0.2, 0.25) is 5.91 Å². The summed E-state index contributed by atoms with van der Waals surface area (Å²) in [6.45, 7) is 38.5. The molecule has 16 aliphatic carbocycles. The maximum atomic E-state index is 12.5. The smallest absolute Gasteiger partial charge is 0.870 e. The fourth-order valence-electron chi connectivity index (χ4n) is 40.6. The number of aliphatic hydroxyl groups is 8. The molecule has 24 heteroatoms. The van der Waals surface area contributed by atoms with E-state index in [4.69, 9.17) is 15.3 Å². The summed E-state index contributed by atoms with van der Waals surface area (Å²) in [6.07, 6.45) is 51.9. The number of anilines is 1. The number of hydroxylamine groups is 2. The maximum Gasteiger partial charge on any atom is 1.00 e. The molecule has 0 aliphatic heterocycles. The van der Waals surface area contributed by atoms with Crippen LogP contribution in [0.4, 0.5) is 5.69 Å². The number of aldehydes is 1. The van der Waals surface area contributed by atoms with Crippen LogP contribution in [0.2, 0.25) is 0 Å². The molecule has 44 atom stereocenters. The Kier molecular flexibility index (Phi) is 39.7. The number of fused-ring (bicyclic) bond motifs is 20. The standard InChI is InChI=1S/C33H51NO4.C32H49NO4.C27H47NO4.C25H42O3.C7H8N2O2.Li.H2O/c1-6-24-28-17-23(35)12-14-33(28,4)27-13-15-32(3)25(10-11-26(32)29(27)30(24)36)20(2)8-7-9-21-16-22(19-34-18-21)31(37)38-5;1-5-23-27-16-22(34)11-13-32(27,4)26-12-14-31(3)24(9-10-25(31)28(26)29(23)35)19(2)7-6-8-20-15-21(30(36)37)18-33-17-20;1-7-18-22-15-17(29)10-12-27(22,4)21-11-13-26(3)19(8-9-20(26)24(21)25(18)31)16(2)14-23(30)28(5)32-6;1-5-17-21-14-16(27)8-11-25(21,4)20-9-12-24(3)18(15(2)10-13-26)6-7-19(24)22(20)23(17)28;1-11-7(10)5-2-6(8)4-9-3-5;;/h16,18-20,23-30,35-36H,6-15,17H2,1-5H3;15,17-19,22-29,34-35H,5-14,16H2,1-4H3,(H,36,37);16-22,24-25,29,31H,7-15H2,1-6H3;13,15-23,27-28H,5-12,14H2,1-4H3;2-4H,8H2,1H3;;1H2/q;;;;;+1;/p-1/t20-,23-,24-,25-,26+,27+,28+,29+,30-,32-,33-;19-,22-,23-,24-,25+,26+,27+,28+,29-,31-,32-;16-,17-,18-,19-,20+,21+,22+,24+,25-,26-,27-;15-,16-,17-,18-,19+,20+,21+,22+,23-,24-,25-;;;/m1111.../s1. The molecule has 828 valence electrons. The van der Waals surface area contributed by atoms with E-state index in [0.29, 0.717) is 206 Å². The number of hydrogen-bond acceptors (Lipinski definition) is 21. The molecule has 3 heterocycles. The third-order valence-corrected chi connectivity index (χ3v) is 47.9. The van der Waals surface area contributed by atoms with Crippen LogP contribution in [0.15, 0.2) is 55.4 Å². The molecule has 0 radical (unpaired) electrons. The first-order valence-electron chi connectivity index (χ1n) is 59.0. The van der Waals surface area contributed by atoms with Gasteiger partial charge in [0.1, 0.15) is 6.29 Å². The zero-order valence-corrected chi connectivity index (χ0v) is 94.9. The molecule has 12 N–H and O–H groups in total. The largest absolute Gasteiger partial charge is 1.00 e. The minimum Gasteiger partial charge on any atom is -0.870 e. The first kappa shape index (κ1) is 120. The summed E-state index contributed by atoms with van der Waals surface area (Å²) in [5, 5.41) is 99.7. The van der Waals surface area contributed by atoms with Gasteiger partial charge in [-0.3, -0.25) is 24.6 Å². The number of nitrogen functional groups attached to an aromatic ring is 1. The summed E-state index contributed by atoms with van der Waals surface area (Å²) >= 11 is 0. The van der Waals surface area contributed by atoms with Crippen LogP contribution in [0.5, 0.6) is 0 Å². The second-order valence-corrected chi connectivity index (χ2v) is 53.8. The number of aliphatic hydroxyl groups excluding tert-OH is 8. The molecule has 0 spiro atoms. The van der Waals surface area contributed by atoms with Crippen LogP contribution in [0, 0.1) is 209 Å². The van der Waals surface area contributed by atoms with E-state index in [1.807, 2.05) is 12.3 Å².